The van der Waals surface area contributed by atoms with Crippen molar-refractivity contribution in [2.75, 3.05) is 6.61 Å². The molecule has 7 nitrogen and oxygen atoms in total. The molecule has 0 unspecified atom stereocenters. The molecule has 0 amide bonds. The molecule has 0 aliphatic rings. The molecule has 0 saturated heterocycles. The predicted octanol–water partition coefficient (Wildman–Crippen LogP) is 2.46. The lowest BCUT2D eigenvalue weighted by atomic mass is 10.0. The second-order valence-electron chi connectivity index (χ2n) is 5.69. The van der Waals surface area contributed by atoms with Crippen LogP contribution in [0.2, 0.25) is 0 Å². The highest BCUT2D eigenvalue weighted by Crippen LogP contribution is 2.24. The molecule has 0 saturated carbocycles. The highest BCUT2D eigenvalue weighted by molar-refractivity contribution is 5.92. The molecular formula is C18H19NO6. The number of hydrogen-bond acceptors (Lipinski definition) is 6. The van der Waals surface area contributed by atoms with Gasteiger partial charge in [-0.3, -0.25) is 10.1 Å². The summed E-state index contributed by atoms with van der Waals surface area (Å²) in [5.74, 6) is -0.643. The molecule has 0 aliphatic heterocycles. The van der Waals surface area contributed by atoms with Crippen LogP contribution < -0.4 is 0 Å². The minimum atomic E-state index is -1.31. The Morgan fingerprint density at radius 3 is 2.20 bits per heavy atom. The van der Waals surface area contributed by atoms with Crippen LogP contribution in [-0.4, -0.2) is 33.8 Å². The van der Waals surface area contributed by atoms with Crippen molar-refractivity contribution >= 4 is 11.7 Å². The zero-order valence-corrected chi connectivity index (χ0v) is 13.9. The second kappa shape index (κ2) is 7.87. The minimum Gasteiger partial charge on any atom is -0.453 e. The van der Waals surface area contributed by atoms with E-state index in [1.54, 1.807) is 26.0 Å². The summed E-state index contributed by atoms with van der Waals surface area (Å²) < 4.78 is 5.27. The Hall–Kier alpha value is -2.77. The van der Waals surface area contributed by atoms with Crippen LogP contribution in [0.4, 0.5) is 5.69 Å². The first-order valence-corrected chi connectivity index (χ1v) is 7.65. The molecule has 2 rings (SSSR count). The molecule has 0 radical (unpaired) electrons. The lowest BCUT2D eigenvalue weighted by Gasteiger charge is -2.22. The van der Waals surface area contributed by atoms with Crippen molar-refractivity contribution in [1.82, 2.24) is 0 Å². The number of esters is 1. The molecule has 0 aromatic heterocycles. The number of rotatable bonds is 6. The van der Waals surface area contributed by atoms with Gasteiger partial charge >= 0.3 is 5.97 Å². The Morgan fingerprint density at radius 2 is 1.72 bits per heavy atom. The number of nitrogens with zero attached hydrogens (tertiary/aromatic N) is 1. The number of nitro benzene ring substituents is 1. The zero-order valence-electron chi connectivity index (χ0n) is 13.9. The Labute approximate surface area is 144 Å². The first kappa shape index (κ1) is 18.6. The summed E-state index contributed by atoms with van der Waals surface area (Å²) in [7, 11) is 0. The van der Waals surface area contributed by atoms with E-state index in [-0.39, 0.29) is 5.69 Å². The molecule has 2 aromatic carbocycles. The van der Waals surface area contributed by atoms with Crippen molar-refractivity contribution in [1.29, 1.82) is 0 Å². The molecule has 0 bridgehead atoms. The van der Waals surface area contributed by atoms with Gasteiger partial charge in [-0.1, -0.05) is 18.2 Å². The molecule has 2 N–H and O–H groups in total. The summed E-state index contributed by atoms with van der Waals surface area (Å²) in [4.78, 5) is 22.5. The van der Waals surface area contributed by atoms with E-state index >= 15 is 0 Å². The number of ether oxygens (including phenoxy) is 1. The third-order valence-corrected chi connectivity index (χ3v) is 3.92. The third kappa shape index (κ3) is 4.20. The maximum Gasteiger partial charge on any atom is 0.339 e. The van der Waals surface area contributed by atoms with Gasteiger partial charge in [-0.15, -0.1) is 0 Å². The largest absolute Gasteiger partial charge is 0.453 e. The summed E-state index contributed by atoms with van der Waals surface area (Å²) >= 11 is 0. The first-order valence-electron chi connectivity index (χ1n) is 7.65. The molecule has 0 spiro atoms. The van der Waals surface area contributed by atoms with Gasteiger partial charge in [0.2, 0.25) is 0 Å². The van der Waals surface area contributed by atoms with Gasteiger partial charge in [-0.2, -0.15) is 0 Å². The standard InChI is InChI=1S/C18H19NO6/c1-11-4-3-5-12(2)16(11)18(22)25-15(10-20)17(21)13-6-8-14(9-7-13)19(23)24/h3-9,15,17,20-21H,10H2,1-2H3/t15-,17-/m0/s1. The van der Waals surface area contributed by atoms with Crippen LogP contribution in [-0.2, 0) is 4.74 Å². The number of aliphatic hydroxyl groups is 2. The van der Waals surface area contributed by atoms with E-state index in [4.69, 9.17) is 4.74 Å². The van der Waals surface area contributed by atoms with E-state index in [1.165, 1.54) is 24.3 Å². The zero-order chi connectivity index (χ0) is 18.6. The topological polar surface area (TPSA) is 110 Å². The Balaban J connectivity index is 2.18. The molecular weight excluding hydrogens is 326 g/mol. The number of carbonyl (C=O) groups is 1. The van der Waals surface area contributed by atoms with Gasteiger partial charge in [0.05, 0.1) is 17.1 Å². The smallest absolute Gasteiger partial charge is 0.339 e. The van der Waals surface area contributed by atoms with Crippen molar-refractivity contribution in [3.63, 3.8) is 0 Å². The highest BCUT2D eigenvalue weighted by Gasteiger charge is 2.26. The SMILES string of the molecule is Cc1cccc(C)c1C(=O)O[C@@H](CO)[C@@H](O)c1ccc([N+](=O)[O-])cc1. The van der Waals surface area contributed by atoms with E-state index in [9.17, 15) is 25.1 Å². The van der Waals surface area contributed by atoms with Gasteiger partial charge in [0, 0.05) is 12.1 Å². The van der Waals surface area contributed by atoms with Crippen molar-refractivity contribution < 1.29 is 24.7 Å². The molecule has 0 fully saturated rings. The van der Waals surface area contributed by atoms with Crippen LogP contribution in [0.3, 0.4) is 0 Å². The van der Waals surface area contributed by atoms with E-state index < -0.39 is 29.7 Å². The summed E-state index contributed by atoms with van der Waals surface area (Å²) in [6.07, 6.45) is -2.49. The number of aliphatic hydroxyl groups excluding tert-OH is 2. The van der Waals surface area contributed by atoms with Crippen molar-refractivity contribution in [2.24, 2.45) is 0 Å². The minimum absolute atomic E-state index is 0.121. The van der Waals surface area contributed by atoms with E-state index in [0.29, 0.717) is 11.1 Å². The fourth-order valence-corrected chi connectivity index (χ4v) is 2.54. The van der Waals surface area contributed by atoms with Crippen molar-refractivity contribution in [3.8, 4) is 0 Å². The third-order valence-electron chi connectivity index (χ3n) is 3.92. The summed E-state index contributed by atoms with van der Waals surface area (Å²) in [5, 5.41) is 30.5. The molecule has 25 heavy (non-hydrogen) atoms. The van der Waals surface area contributed by atoms with Gasteiger partial charge in [-0.05, 0) is 42.7 Å². The average molecular weight is 345 g/mol. The van der Waals surface area contributed by atoms with Gasteiger partial charge in [-0.25, -0.2) is 4.79 Å². The van der Waals surface area contributed by atoms with Crippen LogP contribution in [0.15, 0.2) is 42.5 Å². The lowest BCUT2D eigenvalue weighted by Crippen LogP contribution is -2.29. The van der Waals surface area contributed by atoms with Crippen molar-refractivity contribution in [2.45, 2.75) is 26.1 Å². The summed E-state index contributed by atoms with van der Waals surface area (Å²) in [6.45, 7) is 2.95. The lowest BCUT2D eigenvalue weighted by molar-refractivity contribution is -0.384. The maximum atomic E-state index is 12.4. The van der Waals surface area contributed by atoms with Crippen LogP contribution >= 0.6 is 0 Å². The van der Waals surface area contributed by atoms with Crippen LogP contribution in [0.1, 0.15) is 33.2 Å². The van der Waals surface area contributed by atoms with Gasteiger partial charge in [0.25, 0.3) is 5.69 Å². The molecule has 0 heterocycles. The van der Waals surface area contributed by atoms with Crippen LogP contribution in [0.25, 0.3) is 0 Å². The Morgan fingerprint density at radius 1 is 1.16 bits per heavy atom. The van der Waals surface area contributed by atoms with E-state index in [0.717, 1.165) is 11.1 Å². The number of benzene rings is 2. The molecule has 2 atom stereocenters. The number of aryl methyl sites for hydroxylation is 2. The average Bonchev–Trinajstić information content (AvgIpc) is 2.59. The molecule has 2 aromatic rings. The number of hydrogen-bond donors (Lipinski definition) is 2. The fraction of sp³-hybridized carbons (Fsp3) is 0.278. The van der Waals surface area contributed by atoms with Gasteiger partial charge in [0.15, 0.2) is 6.10 Å². The molecule has 7 heteroatoms. The quantitative estimate of drug-likeness (QED) is 0.473. The fourth-order valence-electron chi connectivity index (χ4n) is 2.54. The monoisotopic (exact) mass is 345 g/mol. The van der Waals surface area contributed by atoms with Crippen LogP contribution in [0.5, 0.6) is 0 Å². The number of nitro groups is 1. The Bertz CT molecular complexity index is 751. The predicted molar refractivity (Wildman–Crippen MR) is 90.3 cm³/mol. The van der Waals surface area contributed by atoms with E-state index in [2.05, 4.69) is 0 Å². The highest BCUT2D eigenvalue weighted by atomic mass is 16.6. The molecule has 0 aliphatic carbocycles. The van der Waals surface area contributed by atoms with E-state index in [1.807, 2.05) is 6.07 Å². The number of carbonyl (C=O) groups excluding carboxylic acids is 1. The first-order chi connectivity index (χ1) is 11.8. The second-order valence-corrected chi connectivity index (χ2v) is 5.69. The number of non-ortho nitro benzene ring substituents is 1. The molecule has 132 valence electrons. The van der Waals surface area contributed by atoms with Gasteiger partial charge in [0.1, 0.15) is 6.10 Å². The Kier molecular flexibility index (Phi) is 5.84. The summed E-state index contributed by atoms with van der Waals surface area (Å²) in [6, 6.07) is 10.5. The van der Waals surface area contributed by atoms with Crippen LogP contribution in [0, 0.1) is 24.0 Å². The summed E-state index contributed by atoms with van der Waals surface area (Å²) in [5.41, 5.74) is 2.03. The normalized spacial score (nSPS) is 13.1. The van der Waals surface area contributed by atoms with Crippen molar-refractivity contribution in [3.05, 3.63) is 74.8 Å². The maximum absolute atomic E-state index is 12.4. The van der Waals surface area contributed by atoms with Gasteiger partial charge < -0.3 is 14.9 Å².